The van der Waals surface area contributed by atoms with Crippen molar-refractivity contribution in [2.75, 3.05) is 67.8 Å². The Balaban J connectivity index is 1.40. The van der Waals surface area contributed by atoms with Gasteiger partial charge in [-0.25, -0.2) is 9.98 Å². The number of nitrogens with one attached hydrogen (secondary N) is 3. The summed E-state index contributed by atoms with van der Waals surface area (Å²) in [6, 6.07) is 12.2. The second-order valence-corrected chi connectivity index (χ2v) is 8.58. The molecule has 0 spiro atoms. The molecule has 1 atom stereocenters. The van der Waals surface area contributed by atoms with Crippen molar-refractivity contribution in [1.29, 1.82) is 0 Å². The van der Waals surface area contributed by atoms with Gasteiger partial charge in [0.15, 0.2) is 5.82 Å². The van der Waals surface area contributed by atoms with Gasteiger partial charge in [0.05, 0.1) is 5.69 Å². The number of halogens is 1. The van der Waals surface area contributed by atoms with Crippen molar-refractivity contribution < 1.29 is 0 Å². The van der Waals surface area contributed by atoms with E-state index in [-0.39, 0.29) is 0 Å². The van der Waals surface area contributed by atoms with Gasteiger partial charge in [0.25, 0.3) is 0 Å². The first-order valence-corrected chi connectivity index (χ1v) is 10.7. The van der Waals surface area contributed by atoms with Crippen LogP contribution in [0.15, 0.2) is 59.9 Å². The van der Waals surface area contributed by atoms with Crippen molar-refractivity contribution in [1.82, 2.24) is 15.2 Å². The molecule has 1 aromatic carbocycles. The minimum atomic E-state index is -1.03. The van der Waals surface area contributed by atoms with Gasteiger partial charge < -0.3 is 30.7 Å². The molecule has 3 heterocycles. The van der Waals surface area contributed by atoms with Crippen LogP contribution in [0.3, 0.4) is 0 Å². The Morgan fingerprint density at radius 1 is 1.10 bits per heavy atom. The molecule has 2 aromatic rings. The SMILES string of the molecule is CN1CCN(c2ccc(NC3=NC=CC(Cl)(Nc4cccnc4N(C)C)N3)cc2)CC1. The number of alkyl halides is 1. The van der Waals surface area contributed by atoms with Crippen LogP contribution in [0.2, 0.25) is 0 Å². The summed E-state index contributed by atoms with van der Waals surface area (Å²) in [5, 5.41) is 8.81. The van der Waals surface area contributed by atoms with Gasteiger partial charge in [-0.15, -0.1) is 0 Å². The Morgan fingerprint density at radius 3 is 2.55 bits per heavy atom. The van der Waals surface area contributed by atoms with Crippen LogP contribution in [-0.2, 0) is 0 Å². The van der Waals surface area contributed by atoms with Crippen LogP contribution in [-0.4, -0.2) is 68.3 Å². The van der Waals surface area contributed by atoms with E-state index >= 15 is 0 Å². The zero-order chi connectivity index (χ0) is 21.8. The third-order valence-corrected chi connectivity index (χ3v) is 5.65. The van der Waals surface area contributed by atoms with Gasteiger partial charge in [0, 0.05) is 64.0 Å². The van der Waals surface area contributed by atoms with E-state index in [9.17, 15) is 0 Å². The molecule has 1 unspecified atom stereocenters. The van der Waals surface area contributed by atoms with Gasteiger partial charge in [-0.05, 0) is 49.5 Å². The number of rotatable bonds is 5. The molecule has 0 saturated carbocycles. The molecule has 1 aromatic heterocycles. The van der Waals surface area contributed by atoms with Gasteiger partial charge in [0.1, 0.15) is 0 Å². The third-order valence-electron chi connectivity index (χ3n) is 5.33. The first kappa shape index (κ1) is 21.3. The number of aromatic nitrogens is 1. The number of piperazine rings is 1. The molecule has 0 radical (unpaired) electrons. The number of pyridine rings is 1. The number of aliphatic imine (C=N–C) groups is 1. The van der Waals surface area contributed by atoms with Crippen LogP contribution >= 0.6 is 11.6 Å². The van der Waals surface area contributed by atoms with Crippen molar-refractivity contribution in [3.63, 3.8) is 0 Å². The highest BCUT2D eigenvalue weighted by Crippen LogP contribution is 2.27. The Kier molecular flexibility index (Phi) is 6.20. The van der Waals surface area contributed by atoms with Crippen LogP contribution in [0.25, 0.3) is 0 Å². The number of guanidine groups is 1. The second-order valence-electron chi connectivity index (χ2n) is 7.99. The van der Waals surface area contributed by atoms with Gasteiger partial charge in [-0.1, -0.05) is 11.6 Å². The van der Waals surface area contributed by atoms with E-state index in [0.29, 0.717) is 5.96 Å². The van der Waals surface area contributed by atoms with Crippen molar-refractivity contribution >= 4 is 40.4 Å². The highest BCUT2D eigenvalue weighted by molar-refractivity contribution is 6.28. The topological polar surface area (TPSA) is 71.1 Å². The average Bonchev–Trinajstić information content (AvgIpc) is 2.75. The lowest BCUT2D eigenvalue weighted by Crippen LogP contribution is -2.52. The smallest absolute Gasteiger partial charge is 0.210 e. The molecule has 2 aliphatic rings. The number of nitrogens with zero attached hydrogens (tertiary/aromatic N) is 5. The minimum Gasteiger partial charge on any atom is -0.369 e. The number of likely N-dealkylation sites (N-methyl/N-ethyl adjacent to an activating group) is 1. The summed E-state index contributed by atoms with van der Waals surface area (Å²) in [5.74, 6) is 1.36. The zero-order valence-corrected chi connectivity index (χ0v) is 18.9. The molecule has 8 nitrogen and oxygen atoms in total. The number of anilines is 4. The zero-order valence-electron chi connectivity index (χ0n) is 18.1. The molecule has 4 rings (SSSR count). The van der Waals surface area contributed by atoms with E-state index in [1.807, 2.05) is 31.1 Å². The quantitative estimate of drug-likeness (QED) is 0.487. The summed E-state index contributed by atoms with van der Waals surface area (Å²) in [7, 11) is 6.05. The monoisotopic (exact) mass is 440 g/mol. The first-order chi connectivity index (χ1) is 14.9. The van der Waals surface area contributed by atoms with Crippen LogP contribution in [0.1, 0.15) is 0 Å². The van der Waals surface area contributed by atoms with Gasteiger partial charge in [-0.2, -0.15) is 0 Å². The van der Waals surface area contributed by atoms with Crippen molar-refractivity contribution in [3.8, 4) is 0 Å². The molecule has 1 saturated heterocycles. The maximum absolute atomic E-state index is 6.80. The van der Waals surface area contributed by atoms with Crippen LogP contribution < -0.4 is 25.8 Å². The van der Waals surface area contributed by atoms with E-state index in [4.69, 9.17) is 11.6 Å². The highest BCUT2D eigenvalue weighted by atomic mass is 35.5. The largest absolute Gasteiger partial charge is 0.369 e. The summed E-state index contributed by atoms with van der Waals surface area (Å²) in [5.41, 5.74) is 2.99. The van der Waals surface area contributed by atoms with E-state index in [0.717, 1.165) is 43.4 Å². The van der Waals surface area contributed by atoms with Crippen LogP contribution in [0.4, 0.5) is 22.9 Å². The molecule has 0 bridgehead atoms. The minimum absolute atomic E-state index is 0.563. The van der Waals surface area contributed by atoms with E-state index < -0.39 is 5.12 Å². The molecule has 164 valence electrons. The summed E-state index contributed by atoms with van der Waals surface area (Å²) < 4.78 is 0. The lowest BCUT2D eigenvalue weighted by molar-refractivity contribution is 0.313. The predicted octanol–water partition coefficient (Wildman–Crippen LogP) is 2.79. The molecule has 31 heavy (non-hydrogen) atoms. The fraction of sp³-hybridized carbons (Fsp3) is 0.364. The Hall–Kier alpha value is -2.97. The molecule has 9 heteroatoms. The summed E-state index contributed by atoms with van der Waals surface area (Å²) in [6.45, 7) is 4.27. The van der Waals surface area contributed by atoms with Gasteiger partial charge in [0.2, 0.25) is 11.1 Å². The van der Waals surface area contributed by atoms with Crippen molar-refractivity contribution in [2.24, 2.45) is 4.99 Å². The molecule has 2 aliphatic heterocycles. The number of hydrogen-bond acceptors (Lipinski definition) is 8. The van der Waals surface area contributed by atoms with Crippen molar-refractivity contribution in [2.45, 2.75) is 5.12 Å². The fourth-order valence-corrected chi connectivity index (χ4v) is 3.85. The van der Waals surface area contributed by atoms with E-state index in [2.05, 4.69) is 67.0 Å². The average molecular weight is 441 g/mol. The summed E-state index contributed by atoms with van der Waals surface area (Å²) in [6.07, 6.45) is 5.21. The third kappa shape index (κ3) is 5.21. The lowest BCUT2D eigenvalue weighted by atomic mass is 10.2. The molecular weight excluding hydrogens is 412 g/mol. The number of benzene rings is 1. The first-order valence-electron chi connectivity index (χ1n) is 10.4. The molecule has 0 aliphatic carbocycles. The maximum atomic E-state index is 6.80. The Labute approximate surface area is 188 Å². The lowest BCUT2D eigenvalue weighted by Gasteiger charge is -2.34. The van der Waals surface area contributed by atoms with E-state index in [1.165, 1.54) is 5.69 Å². The van der Waals surface area contributed by atoms with Crippen LogP contribution in [0, 0.1) is 0 Å². The molecule has 0 amide bonds. The second kappa shape index (κ2) is 9.03. The predicted molar refractivity (Wildman–Crippen MR) is 130 cm³/mol. The Morgan fingerprint density at radius 2 is 1.84 bits per heavy atom. The highest BCUT2D eigenvalue weighted by Gasteiger charge is 2.29. The van der Waals surface area contributed by atoms with Crippen LogP contribution in [0.5, 0.6) is 0 Å². The van der Waals surface area contributed by atoms with Gasteiger partial charge in [-0.3, -0.25) is 0 Å². The van der Waals surface area contributed by atoms with Crippen molar-refractivity contribution in [3.05, 3.63) is 54.9 Å². The summed E-state index contributed by atoms with van der Waals surface area (Å²) >= 11 is 6.80. The number of hydrogen-bond donors (Lipinski definition) is 3. The molecule has 1 fully saturated rings. The fourth-order valence-electron chi connectivity index (χ4n) is 3.60. The molecular formula is C22H29ClN8. The van der Waals surface area contributed by atoms with E-state index in [1.54, 1.807) is 18.5 Å². The maximum Gasteiger partial charge on any atom is 0.210 e. The normalized spacial score (nSPS) is 21.3. The standard InChI is InChI=1S/C22H29ClN8/c1-29(2)20-19(5-4-11-24-20)27-22(23)10-12-25-21(28-22)26-17-6-8-18(9-7-17)31-15-13-30(3)14-16-31/h4-12,27H,13-16H2,1-3H3,(H2,25,26,28). The summed E-state index contributed by atoms with van der Waals surface area (Å²) in [4.78, 5) is 15.5. The van der Waals surface area contributed by atoms with Gasteiger partial charge >= 0.3 is 0 Å². The Bertz CT molecular complexity index is 950. The molecule has 3 N–H and O–H groups in total.